The number of benzene rings is 3. The van der Waals surface area contributed by atoms with Crippen molar-refractivity contribution in [1.82, 2.24) is 9.66 Å². The molecule has 184 valence electrons. The monoisotopic (exact) mass is 485 g/mol. The summed E-state index contributed by atoms with van der Waals surface area (Å²) < 4.78 is 26.3. The van der Waals surface area contributed by atoms with Gasteiger partial charge in [0.2, 0.25) is 0 Å². The summed E-state index contributed by atoms with van der Waals surface area (Å²) in [6.45, 7) is 0.213. The second-order valence-electron chi connectivity index (χ2n) is 9.01. The van der Waals surface area contributed by atoms with Gasteiger partial charge < -0.3 is 9.47 Å². The van der Waals surface area contributed by atoms with Crippen molar-refractivity contribution in [3.63, 3.8) is 0 Å². The fraction of sp³-hybridized carbons (Fsp3) is 0.276. The van der Waals surface area contributed by atoms with Crippen LogP contribution in [0.15, 0.2) is 76.6 Å². The van der Waals surface area contributed by atoms with Crippen molar-refractivity contribution in [3.8, 4) is 11.5 Å². The van der Waals surface area contributed by atoms with Gasteiger partial charge in [0.1, 0.15) is 18.2 Å². The highest BCUT2D eigenvalue weighted by Gasteiger charge is 2.22. The molecule has 3 aromatic carbocycles. The van der Waals surface area contributed by atoms with Crippen LogP contribution in [-0.4, -0.2) is 23.0 Å². The molecule has 1 saturated carbocycles. The van der Waals surface area contributed by atoms with E-state index in [1.807, 2.05) is 24.3 Å². The fourth-order valence-corrected chi connectivity index (χ4v) is 4.67. The van der Waals surface area contributed by atoms with E-state index in [1.165, 1.54) is 23.2 Å². The summed E-state index contributed by atoms with van der Waals surface area (Å²) in [6, 6.07) is 19.1. The van der Waals surface area contributed by atoms with Crippen molar-refractivity contribution >= 4 is 17.1 Å². The number of ether oxygens (including phenoxy) is 2. The van der Waals surface area contributed by atoms with E-state index in [0.717, 1.165) is 42.6 Å². The van der Waals surface area contributed by atoms with Gasteiger partial charge in [0.25, 0.3) is 5.56 Å². The predicted octanol–water partition coefficient (Wildman–Crippen LogP) is 6.05. The fourth-order valence-electron chi connectivity index (χ4n) is 4.67. The molecule has 0 spiro atoms. The van der Waals surface area contributed by atoms with E-state index in [4.69, 9.17) is 14.5 Å². The van der Waals surface area contributed by atoms with Gasteiger partial charge in [-0.25, -0.2) is 9.37 Å². The third-order valence-electron chi connectivity index (χ3n) is 6.54. The van der Waals surface area contributed by atoms with E-state index in [2.05, 4.69) is 5.10 Å². The maximum absolute atomic E-state index is 13.5. The van der Waals surface area contributed by atoms with Crippen molar-refractivity contribution in [2.45, 2.75) is 44.6 Å². The summed E-state index contributed by atoms with van der Waals surface area (Å²) in [7, 11) is 1.56. The first kappa shape index (κ1) is 23.7. The van der Waals surface area contributed by atoms with Crippen LogP contribution in [0.3, 0.4) is 0 Å². The van der Waals surface area contributed by atoms with E-state index in [9.17, 15) is 9.18 Å². The molecular weight excluding hydrogens is 457 g/mol. The van der Waals surface area contributed by atoms with Crippen LogP contribution in [0.4, 0.5) is 4.39 Å². The normalized spacial score (nSPS) is 14.4. The van der Waals surface area contributed by atoms with Crippen LogP contribution in [0.2, 0.25) is 0 Å². The predicted molar refractivity (Wildman–Crippen MR) is 139 cm³/mol. The first-order valence-corrected chi connectivity index (χ1v) is 12.2. The van der Waals surface area contributed by atoms with Gasteiger partial charge in [-0.2, -0.15) is 9.78 Å². The quantitative estimate of drug-likeness (QED) is 0.299. The lowest BCUT2D eigenvalue weighted by Gasteiger charge is -2.22. The SMILES string of the molecule is COc1cc(C=Nn2c(C3CCCCC3)nc3ccccc3c2=O)ccc1OCc1cccc(F)c1. The van der Waals surface area contributed by atoms with Gasteiger partial charge in [0.15, 0.2) is 11.5 Å². The molecule has 5 rings (SSSR count). The Kier molecular flexibility index (Phi) is 7.07. The lowest BCUT2D eigenvalue weighted by molar-refractivity contribution is 0.284. The van der Waals surface area contributed by atoms with E-state index >= 15 is 0 Å². The molecule has 0 atom stereocenters. The minimum absolute atomic E-state index is 0.167. The maximum atomic E-state index is 13.5. The zero-order valence-electron chi connectivity index (χ0n) is 20.2. The number of para-hydroxylation sites is 1. The zero-order valence-corrected chi connectivity index (χ0v) is 20.2. The molecule has 1 heterocycles. The molecule has 4 aromatic rings. The van der Waals surface area contributed by atoms with Gasteiger partial charge in [-0.3, -0.25) is 4.79 Å². The molecule has 6 nitrogen and oxygen atoms in total. The van der Waals surface area contributed by atoms with Gasteiger partial charge in [-0.05, 0) is 66.4 Å². The molecule has 0 N–H and O–H groups in total. The summed E-state index contributed by atoms with van der Waals surface area (Å²) in [5.41, 5.74) is 2.01. The smallest absolute Gasteiger partial charge is 0.282 e. The van der Waals surface area contributed by atoms with Gasteiger partial charge in [0.05, 0.1) is 24.2 Å². The zero-order chi connectivity index (χ0) is 24.9. The van der Waals surface area contributed by atoms with Crippen LogP contribution < -0.4 is 15.0 Å². The number of aromatic nitrogens is 2. The van der Waals surface area contributed by atoms with Crippen LogP contribution in [0, 0.1) is 5.82 Å². The number of halogens is 1. The van der Waals surface area contributed by atoms with E-state index < -0.39 is 0 Å². The van der Waals surface area contributed by atoms with Gasteiger partial charge in [0, 0.05) is 5.92 Å². The Morgan fingerprint density at radius 2 is 1.86 bits per heavy atom. The molecule has 0 bridgehead atoms. The molecule has 1 aliphatic carbocycles. The Balaban J connectivity index is 1.44. The van der Waals surface area contributed by atoms with Crippen LogP contribution >= 0.6 is 0 Å². The minimum atomic E-state index is -0.305. The molecule has 1 aliphatic rings. The molecule has 0 saturated heterocycles. The molecule has 1 fully saturated rings. The first-order chi connectivity index (χ1) is 17.6. The average Bonchev–Trinajstić information content (AvgIpc) is 2.92. The van der Waals surface area contributed by atoms with Crippen LogP contribution in [0.5, 0.6) is 11.5 Å². The second-order valence-corrected chi connectivity index (χ2v) is 9.01. The number of nitrogens with zero attached hydrogens (tertiary/aromatic N) is 3. The van der Waals surface area contributed by atoms with Crippen molar-refractivity contribution in [2.24, 2.45) is 5.10 Å². The summed E-state index contributed by atoms with van der Waals surface area (Å²) >= 11 is 0. The number of rotatable bonds is 7. The van der Waals surface area contributed by atoms with E-state index in [-0.39, 0.29) is 23.9 Å². The first-order valence-electron chi connectivity index (χ1n) is 12.2. The summed E-state index contributed by atoms with van der Waals surface area (Å²) in [5.74, 6) is 1.68. The average molecular weight is 486 g/mol. The Hall–Kier alpha value is -4.00. The Bertz CT molecular complexity index is 1460. The molecule has 7 heteroatoms. The highest BCUT2D eigenvalue weighted by Crippen LogP contribution is 2.32. The summed E-state index contributed by atoms with van der Waals surface area (Å²) in [6.07, 6.45) is 7.13. The lowest BCUT2D eigenvalue weighted by atomic mass is 9.88. The van der Waals surface area contributed by atoms with Crippen molar-refractivity contribution in [1.29, 1.82) is 0 Å². The molecule has 36 heavy (non-hydrogen) atoms. The molecule has 0 aliphatic heterocycles. The molecule has 0 radical (unpaired) electrons. The van der Waals surface area contributed by atoms with Gasteiger partial charge in [-0.15, -0.1) is 0 Å². The largest absolute Gasteiger partial charge is 0.493 e. The lowest BCUT2D eigenvalue weighted by Crippen LogP contribution is -2.25. The summed E-state index contributed by atoms with van der Waals surface area (Å²) in [5, 5.41) is 5.14. The number of hydrogen-bond acceptors (Lipinski definition) is 5. The molecular formula is C29H28FN3O3. The van der Waals surface area contributed by atoms with Gasteiger partial charge >= 0.3 is 0 Å². The maximum Gasteiger partial charge on any atom is 0.282 e. The Labute approximate surface area is 209 Å². The van der Waals surface area contributed by atoms with E-state index in [0.29, 0.717) is 22.4 Å². The Morgan fingerprint density at radius 1 is 1.03 bits per heavy atom. The van der Waals surface area contributed by atoms with Crippen LogP contribution in [0.25, 0.3) is 10.9 Å². The third kappa shape index (κ3) is 5.15. The van der Waals surface area contributed by atoms with E-state index in [1.54, 1.807) is 43.7 Å². The van der Waals surface area contributed by atoms with Crippen LogP contribution in [0.1, 0.15) is 55.0 Å². The van der Waals surface area contributed by atoms with Crippen LogP contribution in [-0.2, 0) is 6.61 Å². The van der Waals surface area contributed by atoms with Crippen molar-refractivity contribution < 1.29 is 13.9 Å². The molecule has 1 aromatic heterocycles. The second kappa shape index (κ2) is 10.7. The Morgan fingerprint density at radius 3 is 2.67 bits per heavy atom. The number of fused-ring (bicyclic) bond motifs is 1. The van der Waals surface area contributed by atoms with Crippen molar-refractivity contribution in [3.05, 3.63) is 99.9 Å². The third-order valence-corrected chi connectivity index (χ3v) is 6.54. The minimum Gasteiger partial charge on any atom is -0.493 e. The number of hydrogen-bond donors (Lipinski definition) is 0. The standard InChI is InChI=1S/C29H28FN3O3/c1-35-27-17-20(14-15-26(27)36-19-21-8-7-11-23(30)16-21)18-31-33-28(22-9-3-2-4-10-22)32-25-13-6-5-12-24(25)29(33)34/h5-8,11-18,22H,2-4,9-10,19H2,1H3. The highest BCUT2D eigenvalue weighted by atomic mass is 19.1. The van der Waals surface area contributed by atoms with Crippen molar-refractivity contribution in [2.75, 3.05) is 7.11 Å². The van der Waals surface area contributed by atoms with Gasteiger partial charge in [-0.1, -0.05) is 43.5 Å². The topological polar surface area (TPSA) is 65.7 Å². The molecule has 0 amide bonds. The number of methoxy groups -OCH3 is 1. The highest BCUT2D eigenvalue weighted by molar-refractivity contribution is 5.81. The summed E-state index contributed by atoms with van der Waals surface area (Å²) in [4.78, 5) is 18.2. The molecule has 0 unspecified atom stereocenters.